The quantitative estimate of drug-likeness (QED) is 0.614. The van der Waals surface area contributed by atoms with Gasteiger partial charge in [0.25, 0.3) is 0 Å². The van der Waals surface area contributed by atoms with E-state index in [0.29, 0.717) is 0 Å². The molecule has 0 bridgehead atoms. The van der Waals surface area contributed by atoms with Crippen molar-refractivity contribution in [2.45, 2.75) is 45.1 Å². The van der Waals surface area contributed by atoms with Crippen molar-refractivity contribution < 1.29 is 0 Å². The Kier molecular flexibility index (Phi) is 3.53. The van der Waals surface area contributed by atoms with Crippen LogP contribution in [-0.2, 0) is 0 Å². The van der Waals surface area contributed by atoms with E-state index in [1.54, 1.807) is 0 Å². The van der Waals surface area contributed by atoms with Gasteiger partial charge in [-0.15, -0.1) is 0 Å². The zero-order chi connectivity index (χ0) is 9.03. The fourth-order valence-corrected chi connectivity index (χ4v) is 1.41. The number of nitrogens with two attached hydrogens (primary N) is 1. The average Bonchev–Trinajstić information content (AvgIpc) is 1.80. The molecule has 1 aliphatic carbocycles. The van der Waals surface area contributed by atoms with Gasteiger partial charge in [0.05, 0.1) is 0 Å². The van der Waals surface area contributed by atoms with Crippen molar-refractivity contribution in [3.05, 3.63) is 0 Å². The first-order valence-electron chi connectivity index (χ1n) is 5.07. The molecule has 12 heavy (non-hydrogen) atoms. The largest absolute Gasteiger partial charge is 0.326 e. The van der Waals surface area contributed by atoms with E-state index in [-0.39, 0.29) is 5.54 Å². The van der Waals surface area contributed by atoms with Crippen molar-refractivity contribution in [1.29, 1.82) is 0 Å². The summed E-state index contributed by atoms with van der Waals surface area (Å²) in [6, 6.07) is 0. The summed E-state index contributed by atoms with van der Waals surface area (Å²) in [5, 5.41) is 3.46. The van der Waals surface area contributed by atoms with Crippen LogP contribution in [0.3, 0.4) is 0 Å². The monoisotopic (exact) mass is 170 g/mol. The summed E-state index contributed by atoms with van der Waals surface area (Å²) >= 11 is 0. The second-order valence-electron chi connectivity index (χ2n) is 4.74. The molecule has 1 saturated carbocycles. The lowest BCUT2D eigenvalue weighted by Gasteiger charge is -2.26. The summed E-state index contributed by atoms with van der Waals surface area (Å²) in [5.41, 5.74) is 5.85. The average molecular weight is 170 g/mol. The van der Waals surface area contributed by atoms with Crippen molar-refractivity contribution in [2.24, 2.45) is 11.7 Å². The normalized spacial score (nSPS) is 19.2. The molecule has 0 aromatic carbocycles. The lowest BCUT2D eigenvalue weighted by molar-refractivity contribution is 0.297. The third-order valence-electron chi connectivity index (χ3n) is 2.60. The van der Waals surface area contributed by atoms with Crippen LogP contribution in [0.15, 0.2) is 0 Å². The smallest absolute Gasteiger partial charge is 0.0109 e. The zero-order valence-corrected chi connectivity index (χ0v) is 8.40. The van der Waals surface area contributed by atoms with Gasteiger partial charge in [0.1, 0.15) is 0 Å². The molecule has 3 N–H and O–H groups in total. The van der Waals surface area contributed by atoms with Crippen molar-refractivity contribution in [2.75, 3.05) is 13.1 Å². The molecule has 0 unspecified atom stereocenters. The first kappa shape index (κ1) is 10.0. The maximum absolute atomic E-state index is 5.86. The van der Waals surface area contributed by atoms with E-state index < -0.39 is 0 Å². The molecule has 1 rings (SSSR count). The summed E-state index contributed by atoms with van der Waals surface area (Å²) in [4.78, 5) is 0. The molecule has 0 heterocycles. The minimum Gasteiger partial charge on any atom is -0.326 e. The Morgan fingerprint density at radius 2 is 2.08 bits per heavy atom. The molecule has 0 aliphatic heterocycles. The summed E-state index contributed by atoms with van der Waals surface area (Å²) in [6.07, 6.45) is 5.37. The predicted octanol–water partition coefficient (Wildman–Crippen LogP) is 1.50. The Morgan fingerprint density at radius 3 is 2.50 bits per heavy atom. The second-order valence-corrected chi connectivity index (χ2v) is 4.74. The van der Waals surface area contributed by atoms with Crippen LogP contribution in [0.2, 0.25) is 0 Å². The fourth-order valence-electron chi connectivity index (χ4n) is 1.41. The van der Waals surface area contributed by atoms with Crippen LogP contribution in [0.1, 0.15) is 39.5 Å². The number of hydrogen-bond acceptors (Lipinski definition) is 2. The van der Waals surface area contributed by atoms with Crippen LogP contribution in [0, 0.1) is 5.92 Å². The molecule has 2 heteroatoms. The predicted molar refractivity (Wildman–Crippen MR) is 53.1 cm³/mol. The second kappa shape index (κ2) is 4.24. The Bertz CT molecular complexity index is 122. The third-order valence-corrected chi connectivity index (χ3v) is 2.60. The van der Waals surface area contributed by atoms with Crippen molar-refractivity contribution in [1.82, 2.24) is 5.32 Å². The summed E-state index contributed by atoms with van der Waals surface area (Å²) < 4.78 is 0. The van der Waals surface area contributed by atoms with E-state index in [1.807, 2.05) is 0 Å². The van der Waals surface area contributed by atoms with E-state index in [4.69, 9.17) is 5.73 Å². The number of nitrogens with one attached hydrogen (secondary N) is 1. The standard InChI is InChI=1S/C10H22N2/c1-10(2,11)6-7-12-8-9-4-3-5-9/h9,12H,3-8,11H2,1-2H3. The molecule has 1 aliphatic rings. The highest BCUT2D eigenvalue weighted by Crippen LogP contribution is 2.25. The van der Waals surface area contributed by atoms with Crippen LogP contribution >= 0.6 is 0 Å². The number of rotatable bonds is 5. The molecular weight excluding hydrogens is 148 g/mol. The Labute approximate surface area is 75.9 Å². The first-order chi connectivity index (χ1) is 5.58. The SMILES string of the molecule is CC(C)(N)CCNCC1CCC1. The Morgan fingerprint density at radius 1 is 1.42 bits per heavy atom. The van der Waals surface area contributed by atoms with Gasteiger partial charge in [-0.1, -0.05) is 6.42 Å². The van der Waals surface area contributed by atoms with Gasteiger partial charge in [-0.3, -0.25) is 0 Å². The van der Waals surface area contributed by atoms with Gasteiger partial charge in [-0.2, -0.15) is 0 Å². The first-order valence-corrected chi connectivity index (χ1v) is 5.07. The van der Waals surface area contributed by atoms with Gasteiger partial charge in [0.15, 0.2) is 0 Å². The summed E-state index contributed by atoms with van der Waals surface area (Å²) in [5.74, 6) is 0.964. The highest BCUT2D eigenvalue weighted by Gasteiger charge is 2.16. The molecule has 0 amide bonds. The molecule has 0 spiro atoms. The third kappa shape index (κ3) is 4.07. The van der Waals surface area contributed by atoms with Gasteiger partial charge in [-0.05, 0) is 52.1 Å². The van der Waals surface area contributed by atoms with E-state index in [0.717, 1.165) is 18.9 Å². The topological polar surface area (TPSA) is 38.0 Å². The Hall–Kier alpha value is -0.0800. The molecular formula is C10H22N2. The van der Waals surface area contributed by atoms with E-state index in [1.165, 1.54) is 25.8 Å². The maximum Gasteiger partial charge on any atom is 0.0109 e. The van der Waals surface area contributed by atoms with Crippen molar-refractivity contribution in [3.63, 3.8) is 0 Å². The molecule has 0 aromatic rings. The zero-order valence-electron chi connectivity index (χ0n) is 8.40. The van der Waals surface area contributed by atoms with Gasteiger partial charge in [0, 0.05) is 5.54 Å². The van der Waals surface area contributed by atoms with E-state index in [2.05, 4.69) is 19.2 Å². The molecule has 0 aromatic heterocycles. The van der Waals surface area contributed by atoms with Crippen molar-refractivity contribution >= 4 is 0 Å². The van der Waals surface area contributed by atoms with Gasteiger partial charge in [0.2, 0.25) is 0 Å². The lowest BCUT2D eigenvalue weighted by atomic mass is 9.85. The molecule has 2 nitrogen and oxygen atoms in total. The van der Waals surface area contributed by atoms with Crippen LogP contribution in [0.5, 0.6) is 0 Å². The van der Waals surface area contributed by atoms with E-state index in [9.17, 15) is 0 Å². The number of hydrogen-bond donors (Lipinski definition) is 2. The van der Waals surface area contributed by atoms with Crippen LogP contribution in [0.25, 0.3) is 0 Å². The van der Waals surface area contributed by atoms with Gasteiger partial charge >= 0.3 is 0 Å². The fraction of sp³-hybridized carbons (Fsp3) is 1.00. The van der Waals surface area contributed by atoms with Gasteiger partial charge < -0.3 is 11.1 Å². The molecule has 0 radical (unpaired) electrons. The molecule has 1 fully saturated rings. The Balaban J connectivity index is 1.88. The van der Waals surface area contributed by atoms with E-state index >= 15 is 0 Å². The summed E-state index contributed by atoms with van der Waals surface area (Å²) in [7, 11) is 0. The summed E-state index contributed by atoms with van der Waals surface area (Å²) in [6.45, 7) is 6.44. The van der Waals surface area contributed by atoms with Crippen molar-refractivity contribution in [3.8, 4) is 0 Å². The molecule has 0 saturated heterocycles. The van der Waals surface area contributed by atoms with Crippen LogP contribution in [0.4, 0.5) is 0 Å². The highest BCUT2D eigenvalue weighted by molar-refractivity contribution is 4.75. The van der Waals surface area contributed by atoms with Crippen LogP contribution < -0.4 is 11.1 Å². The lowest BCUT2D eigenvalue weighted by Crippen LogP contribution is -2.37. The minimum atomic E-state index is -0.00733. The maximum atomic E-state index is 5.86. The highest BCUT2D eigenvalue weighted by atomic mass is 14.9. The molecule has 0 atom stereocenters. The van der Waals surface area contributed by atoms with Crippen LogP contribution in [-0.4, -0.2) is 18.6 Å². The van der Waals surface area contributed by atoms with Gasteiger partial charge in [-0.25, -0.2) is 0 Å². The minimum absolute atomic E-state index is 0.00733. The molecule has 72 valence electrons.